The number of carbonyl (C=O) groups is 1. The van der Waals surface area contributed by atoms with Crippen LogP contribution in [0.1, 0.15) is 30.4 Å². The van der Waals surface area contributed by atoms with Crippen molar-refractivity contribution in [3.8, 4) is 5.75 Å². The van der Waals surface area contributed by atoms with E-state index in [0.29, 0.717) is 29.6 Å². The number of fused-ring (bicyclic) bond motifs is 1. The predicted molar refractivity (Wildman–Crippen MR) is 134 cm³/mol. The quantitative estimate of drug-likeness (QED) is 0.358. The van der Waals surface area contributed by atoms with E-state index in [1.807, 2.05) is 35.2 Å². The summed E-state index contributed by atoms with van der Waals surface area (Å²) in [5.41, 5.74) is 2.02. The number of nitrogens with zero attached hydrogens (tertiary/aromatic N) is 1. The van der Waals surface area contributed by atoms with Crippen LogP contribution in [0, 0.1) is 0 Å². The monoisotopic (exact) mass is 492 g/mol. The van der Waals surface area contributed by atoms with Gasteiger partial charge in [0.25, 0.3) is 0 Å². The molecule has 0 atom stereocenters. The smallest absolute Gasteiger partial charge is 0.222 e. The molecule has 0 radical (unpaired) electrons. The summed E-state index contributed by atoms with van der Waals surface area (Å²) in [5.74, 6) is 1.12. The number of ether oxygens (including phenoxy) is 1. The van der Waals surface area contributed by atoms with Crippen LogP contribution in [0.25, 0.3) is 10.8 Å². The van der Waals surface area contributed by atoms with Crippen molar-refractivity contribution in [1.29, 1.82) is 0 Å². The Morgan fingerprint density at radius 2 is 1.91 bits per heavy atom. The zero-order valence-electron chi connectivity index (χ0n) is 17.8. The van der Waals surface area contributed by atoms with Gasteiger partial charge >= 0.3 is 0 Å². The summed E-state index contributed by atoms with van der Waals surface area (Å²) < 4.78 is 6.18. The van der Waals surface area contributed by atoms with Crippen molar-refractivity contribution in [2.75, 3.05) is 19.6 Å². The van der Waals surface area contributed by atoms with Crippen molar-refractivity contribution >= 4 is 52.3 Å². The molecular weight excluding hydrogens is 467 g/mol. The number of benzene rings is 3. The molecule has 4 nitrogen and oxygen atoms in total. The van der Waals surface area contributed by atoms with E-state index in [4.69, 9.17) is 27.9 Å². The van der Waals surface area contributed by atoms with Crippen molar-refractivity contribution in [3.05, 3.63) is 75.8 Å². The topological polar surface area (TPSA) is 41.6 Å². The molecule has 0 saturated carbocycles. The van der Waals surface area contributed by atoms with E-state index >= 15 is 0 Å². The molecule has 1 amide bonds. The second-order valence-corrected chi connectivity index (χ2v) is 8.65. The number of rotatable bonds is 9. The Hall–Kier alpha value is -1.98. The minimum absolute atomic E-state index is 0. The maximum atomic E-state index is 11.8. The summed E-state index contributed by atoms with van der Waals surface area (Å²) in [7, 11) is 0. The molecule has 1 aliphatic heterocycles. The third-order valence-electron chi connectivity index (χ3n) is 5.65. The standard InChI is InChI=1S/C25H26Cl2N2O2.ClH/c26-20-10-8-19(23(27)15-20)17-31-24-11-9-18-5-1-2-6-21(18)22(24)16-28-12-4-14-29-13-3-7-25(29)30;/h1-2,5-6,8-11,15,28H,3-4,7,12-14,16-17H2;1H. The van der Waals surface area contributed by atoms with E-state index in [-0.39, 0.29) is 18.3 Å². The zero-order valence-corrected chi connectivity index (χ0v) is 20.1. The predicted octanol–water partition coefficient (Wildman–Crippen LogP) is 6.25. The average Bonchev–Trinajstić information content (AvgIpc) is 3.18. The molecule has 1 N–H and O–H groups in total. The summed E-state index contributed by atoms with van der Waals surface area (Å²) in [4.78, 5) is 13.7. The van der Waals surface area contributed by atoms with Gasteiger partial charge in [0.05, 0.1) is 0 Å². The van der Waals surface area contributed by atoms with Gasteiger partial charge < -0.3 is 15.0 Å². The lowest BCUT2D eigenvalue weighted by molar-refractivity contribution is -0.127. The second-order valence-electron chi connectivity index (χ2n) is 7.80. The highest BCUT2D eigenvalue weighted by atomic mass is 35.5. The molecule has 3 aromatic carbocycles. The zero-order chi connectivity index (χ0) is 21.6. The third-order valence-corrected chi connectivity index (χ3v) is 6.24. The fraction of sp³-hybridized carbons (Fsp3) is 0.320. The lowest BCUT2D eigenvalue weighted by Crippen LogP contribution is -2.28. The lowest BCUT2D eigenvalue weighted by Gasteiger charge is -2.17. The Morgan fingerprint density at radius 3 is 2.69 bits per heavy atom. The molecule has 1 heterocycles. The minimum atomic E-state index is 0. The third kappa shape index (κ3) is 6.08. The van der Waals surface area contributed by atoms with Crippen LogP contribution in [-0.4, -0.2) is 30.4 Å². The summed E-state index contributed by atoms with van der Waals surface area (Å²) in [6, 6.07) is 17.9. The van der Waals surface area contributed by atoms with Gasteiger partial charge in [-0.1, -0.05) is 59.6 Å². The molecule has 0 spiro atoms. The largest absolute Gasteiger partial charge is 0.488 e. The van der Waals surface area contributed by atoms with Crippen molar-refractivity contribution in [3.63, 3.8) is 0 Å². The summed E-state index contributed by atoms with van der Waals surface area (Å²) in [6.45, 7) is 3.63. The van der Waals surface area contributed by atoms with Gasteiger partial charge in [0.1, 0.15) is 12.4 Å². The molecule has 0 aromatic heterocycles. The number of carbonyl (C=O) groups excluding carboxylic acids is 1. The van der Waals surface area contributed by atoms with Gasteiger partial charge in [-0.25, -0.2) is 0 Å². The first kappa shape index (κ1) is 24.7. The Bertz CT molecular complexity index is 1070. The van der Waals surface area contributed by atoms with Crippen LogP contribution in [0.5, 0.6) is 5.75 Å². The number of halogens is 3. The number of amides is 1. The minimum Gasteiger partial charge on any atom is -0.488 e. The molecule has 0 aliphatic carbocycles. The second kappa shape index (κ2) is 11.8. The van der Waals surface area contributed by atoms with E-state index in [1.54, 1.807) is 6.07 Å². The summed E-state index contributed by atoms with van der Waals surface area (Å²) in [6.07, 6.45) is 2.62. The van der Waals surface area contributed by atoms with Crippen LogP contribution in [0.15, 0.2) is 54.6 Å². The highest BCUT2D eigenvalue weighted by molar-refractivity contribution is 6.35. The van der Waals surface area contributed by atoms with E-state index in [9.17, 15) is 4.79 Å². The summed E-state index contributed by atoms with van der Waals surface area (Å²) in [5, 5.41) is 7.09. The number of nitrogens with one attached hydrogen (secondary N) is 1. The molecule has 0 bridgehead atoms. The molecule has 170 valence electrons. The molecular formula is C25H27Cl3N2O2. The van der Waals surface area contributed by atoms with Gasteiger partial charge in [-0.15, -0.1) is 12.4 Å². The number of hydrogen-bond acceptors (Lipinski definition) is 3. The molecule has 1 fully saturated rings. The van der Waals surface area contributed by atoms with Gasteiger partial charge in [-0.3, -0.25) is 4.79 Å². The van der Waals surface area contributed by atoms with Crippen molar-refractivity contribution in [2.24, 2.45) is 0 Å². The van der Waals surface area contributed by atoms with Gasteiger partial charge in [0.2, 0.25) is 5.91 Å². The average molecular weight is 494 g/mol. The molecule has 32 heavy (non-hydrogen) atoms. The van der Waals surface area contributed by atoms with Crippen molar-refractivity contribution < 1.29 is 9.53 Å². The first-order valence-electron chi connectivity index (χ1n) is 10.7. The molecule has 7 heteroatoms. The first-order valence-corrected chi connectivity index (χ1v) is 11.4. The molecule has 1 aliphatic rings. The SMILES string of the molecule is Cl.O=C1CCCN1CCCNCc1c(OCc2ccc(Cl)cc2Cl)ccc2ccccc12. The van der Waals surface area contributed by atoms with Gasteiger partial charge in [0.15, 0.2) is 0 Å². The molecule has 3 aromatic rings. The fourth-order valence-electron chi connectivity index (χ4n) is 3.98. The van der Waals surface area contributed by atoms with Crippen LogP contribution in [-0.2, 0) is 17.9 Å². The highest BCUT2D eigenvalue weighted by Crippen LogP contribution is 2.30. The number of hydrogen-bond donors (Lipinski definition) is 1. The number of likely N-dealkylation sites (tertiary alicyclic amines) is 1. The highest BCUT2D eigenvalue weighted by Gasteiger charge is 2.19. The van der Waals surface area contributed by atoms with Crippen LogP contribution < -0.4 is 10.1 Å². The van der Waals surface area contributed by atoms with E-state index in [2.05, 4.69) is 23.5 Å². The van der Waals surface area contributed by atoms with Gasteiger partial charge in [-0.2, -0.15) is 0 Å². The van der Waals surface area contributed by atoms with E-state index < -0.39 is 0 Å². The van der Waals surface area contributed by atoms with Crippen molar-refractivity contribution in [2.45, 2.75) is 32.4 Å². The first-order chi connectivity index (χ1) is 15.1. The Balaban J connectivity index is 0.00000289. The Kier molecular flexibility index (Phi) is 9.06. The molecule has 1 saturated heterocycles. The van der Waals surface area contributed by atoms with Gasteiger partial charge in [-0.05, 0) is 48.4 Å². The maximum absolute atomic E-state index is 11.8. The molecule has 0 unspecified atom stereocenters. The summed E-state index contributed by atoms with van der Waals surface area (Å²) >= 11 is 12.3. The van der Waals surface area contributed by atoms with E-state index in [0.717, 1.165) is 49.4 Å². The Labute approximate surface area is 205 Å². The maximum Gasteiger partial charge on any atom is 0.222 e. The Morgan fingerprint density at radius 1 is 1.06 bits per heavy atom. The van der Waals surface area contributed by atoms with Crippen LogP contribution in [0.3, 0.4) is 0 Å². The van der Waals surface area contributed by atoms with Crippen LogP contribution in [0.2, 0.25) is 10.0 Å². The molecule has 4 rings (SSSR count). The lowest BCUT2D eigenvalue weighted by atomic mass is 10.0. The normalized spacial score (nSPS) is 13.4. The van der Waals surface area contributed by atoms with Crippen LogP contribution >= 0.6 is 35.6 Å². The van der Waals surface area contributed by atoms with E-state index in [1.165, 1.54) is 10.8 Å². The van der Waals surface area contributed by atoms with Crippen molar-refractivity contribution in [1.82, 2.24) is 10.2 Å². The van der Waals surface area contributed by atoms with Gasteiger partial charge in [0, 0.05) is 47.2 Å². The fourth-order valence-corrected chi connectivity index (χ4v) is 4.44. The van der Waals surface area contributed by atoms with Crippen LogP contribution in [0.4, 0.5) is 0 Å².